The van der Waals surface area contributed by atoms with Gasteiger partial charge in [-0.05, 0) is 26.3 Å². The van der Waals surface area contributed by atoms with Crippen molar-refractivity contribution in [2.75, 3.05) is 26.2 Å². The van der Waals surface area contributed by atoms with Crippen molar-refractivity contribution in [1.29, 1.82) is 0 Å². The molecule has 2 atom stereocenters. The van der Waals surface area contributed by atoms with E-state index >= 15 is 0 Å². The number of rotatable bonds is 1. The lowest BCUT2D eigenvalue weighted by molar-refractivity contribution is 0.0469. The second-order valence-electron chi connectivity index (χ2n) is 4.31. The van der Waals surface area contributed by atoms with Gasteiger partial charge in [0.1, 0.15) is 0 Å². The van der Waals surface area contributed by atoms with Crippen molar-refractivity contribution < 1.29 is 0 Å². The highest BCUT2D eigenvalue weighted by Crippen LogP contribution is 2.22. The van der Waals surface area contributed by atoms with Crippen LogP contribution in [0.15, 0.2) is 0 Å². The molecule has 2 aliphatic rings. The summed E-state index contributed by atoms with van der Waals surface area (Å²) in [6.07, 6.45) is 4.24. The van der Waals surface area contributed by atoms with Crippen molar-refractivity contribution in [1.82, 2.24) is 9.80 Å². The summed E-state index contributed by atoms with van der Waals surface area (Å²) in [7, 11) is 0. The van der Waals surface area contributed by atoms with Gasteiger partial charge in [-0.3, -0.25) is 9.80 Å². The van der Waals surface area contributed by atoms with Crippen molar-refractivity contribution in [3.8, 4) is 0 Å². The second-order valence-corrected chi connectivity index (χ2v) is 5.06. The van der Waals surface area contributed by atoms with Crippen LogP contribution < -0.4 is 0 Å². The van der Waals surface area contributed by atoms with Crippen LogP contribution in [0.5, 0.6) is 0 Å². The molecular formula is C10H20N2S. The molecule has 0 aromatic rings. The molecule has 0 N–H and O–H groups in total. The van der Waals surface area contributed by atoms with Crippen molar-refractivity contribution in [2.45, 2.75) is 37.6 Å². The number of hydrogen-bond donors (Lipinski definition) is 1. The van der Waals surface area contributed by atoms with E-state index in [2.05, 4.69) is 29.4 Å². The molecule has 2 fully saturated rings. The van der Waals surface area contributed by atoms with Crippen LogP contribution >= 0.6 is 12.6 Å². The molecule has 0 saturated carbocycles. The largest absolute Gasteiger partial charge is 0.298 e. The van der Waals surface area contributed by atoms with Crippen LogP contribution in [0, 0.1) is 0 Å². The average Bonchev–Trinajstić information content (AvgIpc) is 2.17. The molecule has 0 spiro atoms. The van der Waals surface area contributed by atoms with Crippen LogP contribution in [-0.2, 0) is 0 Å². The monoisotopic (exact) mass is 200 g/mol. The predicted octanol–water partition coefficient (Wildman–Crippen LogP) is 1.43. The molecule has 2 nitrogen and oxygen atoms in total. The van der Waals surface area contributed by atoms with Crippen LogP contribution in [0.3, 0.4) is 0 Å². The maximum Gasteiger partial charge on any atom is 0.0500 e. The Morgan fingerprint density at radius 3 is 2.85 bits per heavy atom. The summed E-state index contributed by atoms with van der Waals surface area (Å²) in [5.41, 5.74) is 0. The summed E-state index contributed by atoms with van der Waals surface area (Å²) in [6.45, 7) is 7.22. The summed E-state index contributed by atoms with van der Waals surface area (Å²) in [5, 5.41) is 0.434. The number of hydrogen-bond acceptors (Lipinski definition) is 3. The van der Waals surface area contributed by atoms with Crippen LogP contribution in [0.4, 0.5) is 0 Å². The Kier molecular flexibility index (Phi) is 3.17. The molecule has 0 aromatic heterocycles. The van der Waals surface area contributed by atoms with Gasteiger partial charge in [0.05, 0.1) is 0 Å². The third-order valence-corrected chi connectivity index (χ3v) is 3.72. The van der Waals surface area contributed by atoms with E-state index in [1.807, 2.05) is 0 Å². The summed E-state index contributed by atoms with van der Waals surface area (Å²) < 4.78 is 0. The normalized spacial score (nSPS) is 34.2. The van der Waals surface area contributed by atoms with E-state index in [9.17, 15) is 0 Å². The number of piperidine rings is 1. The summed E-state index contributed by atoms with van der Waals surface area (Å²) in [6, 6.07) is 0.831. The van der Waals surface area contributed by atoms with E-state index in [0.29, 0.717) is 5.37 Å². The molecule has 3 heteroatoms. The molecule has 76 valence electrons. The first-order valence-electron chi connectivity index (χ1n) is 5.43. The quantitative estimate of drug-likeness (QED) is 0.640. The van der Waals surface area contributed by atoms with E-state index in [1.54, 1.807) is 0 Å². The molecule has 2 saturated heterocycles. The summed E-state index contributed by atoms with van der Waals surface area (Å²) >= 11 is 4.50. The van der Waals surface area contributed by atoms with Gasteiger partial charge in [0, 0.05) is 31.0 Å². The maximum absolute atomic E-state index is 4.50. The van der Waals surface area contributed by atoms with E-state index in [0.717, 1.165) is 6.04 Å². The van der Waals surface area contributed by atoms with E-state index in [1.165, 1.54) is 45.4 Å². The third-order valence-electron chi connectivity index (χ3n) is 3.40. The molecule has 2 aliphatic heterocycles. The van der Waals surface area contributed by atoms with Gasteiger partial charge < -0.3 is 0 Å². The molecule has 0 aromatic carbocycles. The highest BCUT2D eigenvalue weighted by Gasteiger charge is 2.29. The van der Waals surface area contributed by atoms with Gasteiger partial charge in [-0.2, -0.15) is 12.6 Å². The zero-order valence-electron chi connectivity index (χ0n) is 8.45. The van der Waals surface area contributed by atoms with Gasteiger partial charge in [-0.15, -0.1) is 0 Å². The van der Waals surface area contributed by atoms with E-state index in [-0.39, 0.29) is 0 Å². The highest BCUT2D eigenvalue weighted by atomic mass is 32.1. The molecule has 2 heterocycles. The highest BCUT2D eigenvalue weighted by molar-refractivity contribution is 7.80. The molecule has 13 heavy (non-hydrogen) atoms. The molecule has 2 rings (SSSR count). The average molecular weight is 200 g/mol. The Morgan fingerprint density at radius 2 is 2.08 bits per heavy atom. The minimum absolute atomic E-state index is 0.434. The maximum atomic E-state index is 4.50. The van der Waals surface area contributed by atoms with Crippen LogP contribution in [0.25, 0.3) is 0 Å². The van der Waals surface area contributed by atoms with Gasteiger partial charge in [0.2, 0.25) is 0 Å². The summed E-state index contributed by atoms with van der Waals surface area (Å²) in [4.78, 5) is 5.16. The zero-order chi connectivity index (χ0) is 9.26. The Hall–Kier alpha value is 0.270. The second kappa shape index (κ2) is 4.20. The lowest BCUT2D eigenvalue weighted by Crippen LogP contribution is -2.55. The SMILES string of the molecule is CC(S)N1CCN2CCCCC2C1. The van der Waals surface area contributed by atoms with E-state index in [4.69, 9.17) is 0 Å². The van der Waals surface area contributed by atoms with Crippen LogP contribution in [-0.4, -0.2) is 47.4 Å². The minimum Gasteiger partial charge on any atom is -0.298 e. The molecular weight excluding hydrogens is 180 g/mol. The minimum atomic E-state index is 0.434. The van der Waals surface area contributed by atoms with Gasteiger partial charge in [-0.1, -0.05) is 6.42 Å². The fourth-order valence-corrected chi connectivity index (χ4v) is 2.73. The molecule has 0 amide bonds. The topological polar surface area (TPSA) is 6.48 Å². The van der Waals surface area contributed by atoms with Crippen LogP contribution in [0.1, 0.15) is 26.2 Å². The number of thiol groups is 1. The molecule has 0 bridgehead atoms. The fourth-order valence-electron chi connectivity index (χ4n) is 2.52. The standard InChI is InChI=1S/C10H20N2S/c1-9(13)12-7-6-11-5-3-2-4-10(11)8-12/h9-10,13H,2-8H2,1H3. The summed E-state index contributed by atoms with van der Waals surface area (Å²) in [5.74, 6) is 0. The first-order valence-corrected chi connectivity index (χ1v) is 5.95. The Bertz CT molecular complexity index is 172. The van der Waals surface area contributed by atoms with E-state index < -0.39 is 0 Å². The smallest absolute Gasteiger partial charge is 0.0500 e. The Labute approximate surface area is 86.7 Å². The number of piperazine rings is 1. The number of nitrogens with zero attached hydrogens (tertiary/aromatic N) is 2. The van der Waals surface area contributed by atoms with Gasteiger partial charge in [-0.25, -0.2) is 0 Å². The Morgan fingerprint density at radius 1 is 1.23 bits per heavy atom. The zero-order valence-corrected chi connectivity index (χ0v) is 9.34. The Balaban J connectivity index is 1.91. The molecule has 0 radical (unpaired) electrons. The predicted molar refractivity (Wildman–Crippen MR) is 59.2 cm³/mol. The first-order chi connectivity index (χ1) is 6.27. The van der Waals surface area contributed by atoms with Crippen molar-refractivity contribution in [3.05, 3.63) is 0 Å². The first kappa shape index (κ1) is 9.81. The van der Waals surface area contributed by atoms with Gasteiger partial charge >= 0.3 is 0 Å². The molecule has 2 unspecified atom stereocenters. The van der Waals surface area contributed by atoms with Crippen molar-refractivity contribution >= 4 is 12.6 Å². The van der Waals surface area contributed by atoms with Crippen molar-refractivity contribution in [3.63, 3.8) is 0 Å². The molecule has 0 aliphatic carbocycles. The lowest BCUT2D eigenvalue weighted by atomic mass is 9.99. The fraction of sp³-hybridized carbons (Fsp3) is 1.00. The lowest BCUT2D eigenvalue weighted by Gasteiger charge is -2.45. The van der Waals surface area contributed by atoms with Gasteiger partial charge in [0.25, 0.3) is 0 Å². The van der Waals surface area contributed by atoms with Gasteiger partial charge in [0.15, 0.2) is 0 Å². The number of fused-ring (bicyclic) bond motifs is 1. The third kappa shape index (κ3) is 2.20. The van der Waals surface area contributed by atoms with Crippen LogP contribution in [0.2, 0.25) is 0 Å². The van der Waals surface area contributed by atoms with Crippen molar-refractivity contribution in [2.24, 2.45) is 0 Å².